The van der Waals surface area contributed by atoms with Gasteiger partial charge in [-0.2, -0.15) is 9.97 Å². The van der Waals surface area contributed by atoms with Gasteiger partial charge in [0.25, 0.3) is 0 Å². The van der Waals surface area contributed by atoms with Crippen LogP contribution in [-0.2, 0) is 0 Å². The highest BCUT2D eigenvalue weighted by Gasteiger charge is 2.41. The summed E-state index contributed by atoms with van der Waals surface area (Å²) in [6.07, 6.45) is 6.58. The quantitative estimate of drug-likeness (QED) is 0.167. The first-order valence-corrected chi connectivity index (χ1v) is 15.1. The second-order valence-electron chi connectivity index (χ2n) is 9.69. The number of benzene rings is 4. The molecule has 0 N–H and O–H groups in total. The minimum absolute atomic E-state index is 0.0519. The Morgan fingerprint density at radius 2 is 1.05 bits per heavy atom. The van der Waals surface area contributed by atoms with Gasteiger partial charge in [0, 0.05) is 24.7 Å². The van der Waals surface area contributed by atoms with E-state index in [2.05, 4.69) is 91.8 Å². The molecule has 0 unspecified atom stereocenters. The van der Waals surface area contributed by atoms with Crippen LogP contribution in [0.3, 0.4) is 0 Å². The van der Waals surface area contributed by atoms with Gasteiger partial charge in [-0.3, -0.25) is 0 Å². The summed E-state index contributed by atoms with van der Waals surface area (Å²) >= 11 is 0. The normalized spacial score (nSPS) is 14.5. The minimum Gasteiger partial charge on any atom is -0.424 e. The van der Waals surface area contributed by atoms with Gasteiger partial charge in [0.2, 0.25) is 5.95 Å². The lowest BCUT2D eigenvalue weighted by molar-refractivity contribution is 0.396. The molecule has 4 aromatic carbocycles. The topological polar surface area (TPSA) is 60.4 Å². The van der Waals surface area contributed by atoms with Gasteiger partial charge in [-0.05, 0) is 69.0 Å². The van der Waals surface area contributed by atoms with Crippen LogP contribution in [0.4, 0.5) is 5.95 Å². The Balaban J connectivity index is 1.31. The average Bonchev–Trinajstić information content (AvgIpc) is 3.52. The fourth-order valence-electron chi connectivity index (χ4n) is 4.71. The van der Waals surface area contributed by atoms with Crippen molar-refractivity contribution in [2.24, 2.45) is 0 Å². The Labute approximate surface area is 249 Å². The second kappa shape index (κ2) is 13.1. The van der Waals surface area contributed by atoms with Crippen LogP contribution in [0.15, 0.2) is 121 Å². The Morgan fingerprint density at radius 3 is 1.52 bits per heavy atom. The van der Waals surface area contributed by atoms with Crippen molar-refractivity contribution in [3.8, 4) is 23.5 Å². The highest BCUT2D eigenvalue weighted by atomic mass is 31.1. The lowest BCUT2D eigenvalue weighted by Crippen LogP contribution is -2.37. The van der Waals surface area contributed by atoms with Crippen molar-refractivity contribution in [3.05, 3.63) is 152 Å². The number of nitrogens with zero attached hydrogens (tertiary/aromatic N) is 4. The van der Waals surface area contributed by atoms with Crippen LogP contribution in [-0.4, -0.2) is 28.0 Å². The summed E-state index contributed by atoms with van der Waals surface area (Å²) < 4.78 is 12.1. The summed E-state index contributed by atoms with van der Waals surface area (Å²) in [6.45, 7) is 2.17. The molecule has 1 atom stereocenters. The molecule has 0 bridgehead atoms. The number of anilines is 1. The van der Waals surface area contributed by atoms with Crippen LogP contribution in [0, 0.1) is 30.8 Å². The van der Waals surface area contributed by atoms with Gasteiger partial charge in [-0.25, -0.2) is 0 Å². The average molecular weight is 570 g/mol. The van der Waals surface area contributed by atoms with E-state index in [0.717, 1.165) is 0 Å². The van der Waals surface area contributed by atoms with E-state index in [-0.39, 0.29) is 18.1 Å². The third kappa shape index (κ3) is 6.45. The molecule has 0 spiro atoms. The van der Waals surface area contributed by atoms with Crippen LogP contribution in [0.5, 0.6) is 23.5 Å². The number of aromatic nitrogens is 3. The first-order valence-electron chi connectivity index (χ1n) is 13.8. The highest BCUT2D eigenvalue weighted by Crippen LogP contribution is 2.57. The summed E-state index contributed by atoms with van der Waals surface area (Å²) in [7, 11) is 1.22. The molecule has 6 nitrogen and oxygen atoms in total. The van der Waals surface area contributed by atoms with Crippen LogP contribution >= 0.6 is 7.92 Å². The van der Waals surface area contributed by atoms with E-state index >= 15 is 0 Å². The van der Waals surface area contributed by atoms with Gasteiger partial charge in [-0.1, -0.05) is 97.1 Å². The van der Waals surface area contributed by atoms with Crippen LogP contribution in [0.2, 0.25) is 0 Å². The molecular formula is C35H30N4O2P. The zero-order valence-electron chi connectivity index (χ0n) is 23.4. The van der Waals surface area contributed by atoms with Gasteiger partial charge < -0.3 is 14.4 Å². The number of hydrogen-bond donors (Lipinski definition) is 0. The van der Waals surface area contributed by atoms with E-state index in [9.17, 15) is 0 Å². The molecule has 0 aliphatic heterocycles. The van der Waals surface area contributed by atoms with Crippen molar-refractivity contribution in [2.45, 2.75) is 13.0 Å². The summed E-state index contributed by atoms with van der Waals surface area (Å²) in [4.78, 5) is 15.9. The standard InChI is InChI=1S/C35H30N4O2P/c1-26(31-24-15-25-32(31)42(29-20-11-5-12-21-29)30-22-13-6-14-23-30)39(2)33-36-34(40-27-16-7-3-8-17-27)38-35(37-33)41-28-18-9-4-10-19-28/h3-26H,1-2H3/t26-/m1/s1. The number of para-hydroxylation sites is 2. The van der Waals surface area contributed by atoms with Crippen molar-refractivity contribution >= 4 is 24.5 Å². The Morgan fingerprint density at radius 1 is 0.595 bits per heavy atom. The van der Waals surface area contributed by atoms with Crippen LogP contribution in [0.25, 0.3) is 0 Å². The maximum Gasteiger partial charge on any atom is 0.330 e. The van der Waals surface area contributed by atoms with E-state index in [1.165, 1.54) is 22.2 Å². The zero-order valence-corrected chi connectivity index (χ0v) is 24.3. The van der Waals surface area contributed by atoms with Crippen molar-refractivity contribution < 1.29 is 9.47 Å². The number of rotatable bonds is 10. The second-order valence-corrected chi connectivity index (χ2v) is 11.9. The van der Waals surface area contributed by atoms with E-state index < -0.39 is 7.92 Å². The fraction of sp³-hybridized carbons (Fsp3) is 0.0857. The third-order valence-corrected chi connectivity index (χ3v) is 9.45. The fourth-order valence-corrected chi connectivity index (χ4v) is 7.26. The van der Waals surface area contributed by atoms with Gasteiger partial charge in [0.05, 0.1) is 0 Å². The number of ether oxygens (including phenoxy) is 2. The van der Waals surface area contributed by atoms with Crippen LogP contribution in [0.1, 0.15) is 6.92 Å². The van der Waals surface area contributed by atoms with Gasteiger partial charge in [-0.15, -0.1) is 4.98 Å². The largest absolute Gasteiger partial charge is 0.424 e. The Bertz CT molecular complexity index is 1460. The minimum atomic E-state index is -0.764. The maximum atomic E-state index is 6.03. The van der Waals surface area contributed by atoms with Crippen molar-refractivity contribution in [1.82, 2.24) is 15.0 Å². The summed E-state index contributed by atoms with van der Waals surface area (Å²) in [5.41, 5.74) is 1.30. The predicted molar refractivity (Wildman–Crippen MR) is 169 cm³/mol. The molecule has 207 valence electrons. The molecule has 1 heterocycles. The molecule has 1 aromatic heterocycles. The Hall–Kier alpha value is -4.28. The van der Waals surface area contributed by atoms with Gasteiger partial charge >= 0.3 is 12.0 Å². The lowest BCUT2D eigenvalue weighted by atomic mass is 9.98. The van der Waals surface area contributed by atoms with Crippen molar-refractivity contribution in [3.63, 3.8) is 0 Å². The van der Waals surface area contributed by atoms with Gasteiger partial charge in [0.15, 0.2) is 0 Å². The molecular weight excluding hydrogens is 539 g/mol. The summed E-state index contributed by atoms with van der Waals surface area (Å²) in [5, 5.41) is 2.61. The molecule has 42 heavy (non-hydrogen) atoms. The van der Waals surface area contributed by atoms with E-state index in [1.807, 2.05) is 72.6 Å². The molecule has 6 rings (SSSR count). The molecule has 7 heteroatoms. The van der Waals surface area contributed by atoms with E-state index in [0.29, 0.717) is 17.4 Å². The molecule has 5 aromatic rings. The molecule has 0 saturated heterocycles. The first kappa shape index (κ1) is 27.9. The Kier molecular flexibility index (Phi) is 8.72. The summed E-state index contributed by atoms with van der Waals surface area (Å²) in [5.74, 6) is 2.93. The molecule has 1 fully saturated rings. The molecule has 1 saturated carbocycles. The third-order valence-electron chi connectivity index (χ3n) is 6.93. The summed E-state index contributed by atoms with van der Waals surface area (Å²) in [6, 6.07) is 40.6. The molecule has 0 amide bonds. The lowest BCUT2D eigenvalue weighted by Gasteiger charge is -2.36. The molecule has 1 aliphatic carbocycles. The molecule has 5 radical (unpaired) electrons. The van der Waals surface area contributed by atoms with Crippen molar-refractivity contribution in [1.29, 1.82) is 0 Å². The maximum absolute atomic E-state index is 6.03. The van der Waals surface area contributed by atoms with E-state index in [1.54, 1.807) is 0 Å². The van der Waals surface area contributed by atoms with E-state index in [4.69, 9.17) is 19.4 Å². The number of hydrogen-bond acceptors (Lipinski definition) is 6. The van der Waals surface area contributed by atoms with Gasteiger partial charge in [0.1, 0.15) is 11.5 Å². The SMILES string of the molecule is C[C@H]([C]1[CH][CH][CH][C]1P(c1ccccc1)c1ccccc1)N(C)c1nc(Oc2ccccc2)nc(Oc2ccccc2)n1. The first-order chi connectivity index (χ1) is 20.7. The van der Waals surface area contributed by atoms with Crippen molar-refractivity contribution in [2.75, 3.05) is 11.9 Å². The zero-order chi connectivity index (χ0) is 28.7. The molecule has 1 aliphatic rings. The monoisotopic (exact) mass is 569 g/mol. The smallest absolute Gasteiger partial charge is 0.330 e. The van der Waals surface area contributed by atoms with Crippen LogP contribution < -0.4 is 25.0 Å². The predicted octanol–water partition coefficient (Wildman–Crippen LogP) is 7.15. The highest BCUT2D eigenvalue weighted by molar-refractivity contribution is 7.76.